The van der Waals surface area contributed by atoms with E-state index in [-0.39, 0.29) is 0 Å². The maximum absolute atomic E-state index is 13.9. The first-order chi connectivity index (χ1) is 17.0. The predicted molar refractivity (Wildman–Crippen MR) is 142 cm³/mol. The normalized spacial score (nSPS) is 15.7. The number of hydrogen-bond acceptors (Lipinski definition) is 2. The number of benzene rings is 5. The molecular weight excluding hydrogens is 516 g/mol. The highest BCUT2D eigenvalue weighted by molar-refractivity contribution is 9.10. The Hall–Kier alpha value is -3.47. The van der Waals surface area contributed by atoms with Gasteiger partial charge in [0.1, 0.15) is 0 Å². The second-order valence-electron chi connectivity index (χ2n) is 9.03. The van der Waals surface area contributed by atoms with Crippen LogP contribution in [0.1, 0.15) is 22.3 Å². The molecule has 0 saturated heterocycles. The van der Waals surface area contributed by atoms with Crippen LogP contribution in [-0.4, -0.2) is 8.42 Å². The summed E-state index contributed by atoms with van der Waals surface area (Å²) >= 11 is 3.73. The van der Waals surface area contributed by atoms with E-state index in [4.69, 9.17) is 0 Å². The summed E-state index contributed by atoms with van der Waals surface area (Å²) in [6, 6.07) is 38.3. The third kappa shape index (κ3) is 2.61. The van der Waals surface area contributed by atoms with E-state index >= 15 is 0 Å². The number of rotatable bonds is 0. The van der Waals surface area contributed by atoms with Crippen molar-refractivity contribution in [2.75, 3.05) is 0 Å². The summed E-state index contributed by atoms with van der Waals surface area (Å²) in [5, 5.41) is 0. The maximum atomic E-state index is 13.9. The Morgan fingerprint density at radius 1 is 0.486 bits per heavy atom. The average molecular weight is 535 g/mol. The molecule has 1 aliphatic carbocycles. The van der Waals surface area contributed by atoms with Gasteiger partial charge in [-0.05, 0) is 68.8 Å². The van der Waals surface area contributed by atoms with E-state index < -0.39 is 15.3 Å². The second kappa shape index (κ2) is 7.27. The van der Waals surface area contributed by atoms with Gasteiger partial charge >= 0.3 is 0 Å². The van der Waals surface area contributed by atoms with Crippen molar-refractivity contribution in [3.63, 3.8) is 0 Å². The first kappa shape index (κ1) is 20.9. The molecule has 0 atom stereocenters. The van der Waals surface area contributed by atoms with E-state index in [9.17, 15) is 8.42 Å². The van der Waals surface area contributed by atoms with Gasteiger partial charge in [-0.1, -0.05) is 107 Å². The van der Waals surface area contributed by atoms with Crippen molar-refractivity contribution in [2.24, 2.45) is 0 Å². The molecule has 0 fully saturated rings. The molecule has 0 saturated carbocycles. The zero-order valence-electron chi connectivity index (χ0n) is 18.6. The molecule has 0 bridgehead atoms. The van der Waals surface area contributed by atoms with Gasteiger partial charge < -0.3 is 0 Å². The van der Waals surface area contributed by atoms with Crippen LogP contribution < -0.4 is 0 Å². The zero-order chi connectivity index (χ0) is 23.8. The van der Waals surface area contributed by atoms with Crippen LogP contribution in [0.4, 0.5) is 0 Å². The molecule has 0 amide bonds. The van der Waals surface area contributed by atoms with Crippen LogP contribution in [0.25, 0.3) is 22.3 Å². The van der Waals surface area contributed by atoms with Crippen LogP contribution in [0.15, 0.2) is 130 Å². The Bertz CT molecular complexity index is 1730. The number of fused-ring (bicyclic) bond motifs is 11. The third-order valence-corrected chi connectivity index (χ3v) is 9.75. The fourth-order valence-corrected chi connectivity index (χ4v) is 8.20. The Balaban J connectivity index is 1.82. The first-order valence-electron chi connectivity index (χ1n) is 11.5. The van der Waals surface area contributed by atoms with Gasteiger partial charge in [-0.3, -0.25) is 0 Å². The van der Waals surface area contributed by atoms with Gasteiger partial charge in [0.25, 0.3) is 0 Å². The highest BCUT2D eigenvalue weighted by Gasteiger charge is 2.51. The molecule has 168 valence electrons. The molecule has 1 heterocycles. The maximum Gasteiger partial charge on any atom is 0.207 e. The van der Waals surface area contributed by atoms with Gasteiger partial charge in [0.2, 0.25) is 9.84 Å². The molecule has 2 nitrogen and oxygen atoms in total. The Morgan fingerprint density at radius 2 is 0.943 bits per heavy atom. The minimum Gasteiger partial charge on any atom is -0.218 e. The van der Waals surface area contributed by atoms with Crippen molar-refractivity contribution in [1.82, 2.24) is 0 Å². The topological polar surface area (TPSA) is 34.1 Å². The summed E-state index contributed by atoms with van der Waals surface area (Å²) in [5.74, 6) is 0. The monoisotopic (exact) mass is 534 g/mol. The molecule has 4 heteroatoms. The minimum atomic E-state index is -3.68. The molecule has 35 heavy (non-hydrogen) atoms. The standard InChI is InChI=1S/C31H19BrO2S/c32-20-17-18-24-22-10-2-1-9-21(22)23-11-3-4-12-25(23)31(28(24)19-20)26-13-5-7-15-29(26)35(33,34)30-16-8-6-14-27(30)31/h1-19H. The molecule has 0 aromatic heterocycles. The summed E-state index contributed by atoms with van der Waals surface area (Å²) in [7, 11) is -3.68. The lowest BCUT2D eigenvalue weighted by molar-refractivity contribution is 0.579. The molecule has 0 unspecified atom stereocenters. The third-order valence-electron chi connectivity index (χ3n) is 7.39. The van der Waals surface area contributed by atoms with E-state index in [1.54, 1.807) is 12.1 Å². The van der Waals surface area contributed by atoms with Crippen LogP contribution in [0.5, 0.6) is 0 Å². The summed E-state index contributed by atoms with van der Waals surface area (Å²) in [6.07, 6.45) is 0. The van der Waals surface area contributed by atoms with Gasteiger partial charge in [0.15, 0.2) is 0 Å². The van der Waals surface area contributed by atoms with Gasteiger partial charge in [-0.2, -0.15) is 0 Å². The molecule has 0 radical (unpaired) electrons. The lowest BCUT2D eigenvalue weighted by atomic mass is 9.63. The molecule has 1 spiro atoms. The van der Waals surface area contributed by atoms with Crippen molar-refractivity contribution in [3.8, 4) is 22.3 Å². The van der Waals surface area contributed by atoms with Crippen molar-refractivity contribution in [1.29, 1.82) is 0 Å². The van der Waals surface area contributed by atoms with Gasteiger partial charge in [-0.25, -0.2) is 8.42 Å². The minimum absolute atomic E-state index is 0.366. The molecule has 7 rings (SSSR count). The number of hydrogen-bond donors (Lipinski definition) is 0. The fraction of sp³-hybridized carbons (Fsp3) is 0.0323. The van der Waals surface area contributed by atoms with Crippen LogP contribution in [0.2, 0.25) is 0 Å². The average Bonchev–Trinajstić information content (AvgIpc) is 2.99. The van der Waals surface area contributed by atoms with E-state index in [0.29, 0.717) is 9.79 Å². The molecule has 5 aromatic carbocycles. The lowest BCUT2D eigenvalue weighted by Gasteiger charge is -2.42. The van der Waals surface area contributed by atoms with Crippen molar-refractivity contribution >= 4 is 25.8 Å². The van der Waals surface area contributed by atoms with Crippen molar-refractivity contribution in [3.05, 3.63) is 142 Å². The molecular formula is C31H19BrO2S. The van der Waals surface area contributed by atoms with Crippen molar-refractivity contribution < 1.29 is 8.42 Å². The summed E-state index contributed by atoms with van der Waals surface area (Å²) < 4.78 is 28.8. The second-order valence-corrected chi connectivity index (χ2v) is 11.8. The number of halogens is 1. The largest absolute Gasteiger partial charge is 0.218 e. The Labute approximate surface area is 213 Å². The van der Waals surface area contributed by atoms with E-state index in [2.05, 4.69) is 82.7 Å². The molecule has 0 N–H and O–H groups in total. The van der Waals surface area contributed by atoms with Crippen LogP contribution in [0.3, 0.4) is 0 Å². The highest BCUT2D eigenvalue weighted by atomic mass is 79.9. The van der Waals surface area contributed by atoms with E-state index in [1.807, 2.05) is 36.4 Å². The Morgan fingerprint density at radius 3 is 1.54 bits per heavy atom. The fourth-order valence-electron chi connectivity index (χ4n) is 6.07. The summed E-state index contributed by atoms with van der Waals surface area (Å²) in [5.41, 5.74) is 7.42. The quantitative estimate of drug-likeness (QED) is 0.200. The predicted octanol–water partition coefficient (Wildman–Crippen LogP) is 7.63. The highest BCUT2D eigenvalue weighted by Crippen LogP contribution is 2.59. The molecule has 1 aliphatic heterocycles. The lowest BCUT2D eigenvalue weighted by Crippen LogP contribution is -2.38. The van der Waals surface area contributed by atoms with Crippen LogP contribution >= 0.6 is 15.9 Å². The smallest absolute Gasteiger partial charge is 0.207 e. The van der Waals surface area contributed by atoms with Crippen LogP contribution in [0, 0.1) is 0 Å². The Kier molecular flexibility index (Phi) is 4.33. The van der Waals surface area contributed by atoms with E-state index in [0.717, 1.165) is 49.0 Å². The van der Waals surface area contributed by atoms with Gasteiger partial charge in [0.05, 0.1) is 15.2 Å². The van der Waals surface area contributed by atoms with Gasteiger partial charge in [-0.15, -0.1) is 0 Å². The first-order valence-corrected chi connectivity index (χ1v) is 13.8. The van der Waals surface area contributed by atoms with Crippen molar-refractivity contribution in [2.45, 2.75) is 15.2 Å². The summed E-state index contributed by atoms with van der Waals surface area (Å²) in [4.78, 5) is 0.732. The SMILES string of the molecule is O=S1(=O)c2ccccc2C2(c3ccccc3-c3ccccc3-c3ccc(Br)cc32)c2ccccc21. The molecule has 2 aliphatic rings. The molecule has 5 aromatic rings. The van der Waals surface area contributed by atoms with Crippen LogP contribution in [-0.2, 0) is 15.3 Å². The van der Waals surface area contributed by atoms with Gasteiger partial charge in [0, 0.05) is 4.47 Å². The summed E-state index contributed by atoms with van der Waals surface area (Å²) in [6.45, 7) is 0. The zero-order valence-corrected chi connectivity index (χ0v) is 21.0. The number of sulfone groups is 1. The van der Waals surface area contributed by atoms with E-state index in [1.165, 1.54) is 0 Å².